The van der Waals surface area contributed by atoms with Gasteiger partial charge in [0.1, 0.15) is 11.5 Å². The molecule has 0 radical (unpaired) electrons. The molecule has 1 aromatic rings. The van der Waals surface area contributed by atoms with Gasteiger partial charge < -0.3 is 10.2 Å². The maximum absolute atomic E-state index is 14.0. The normalized spacial score (nSPS) is 31.1. The van der Waals surface area contributed by atoms with Gasteiger partial charge in [0.15, 0.2) is 0 Å². The van der Waals surface area contributed by atoms with Gasteiger partial charge in [-0.3, -0.25) is 9.59 Å². The minimum Gasteiger partial charge on any atom is -0.339 e. The van der Waals surface area contributed by atoms with Crippen LogP contribution in [0.3, 0.4) is 0 Å². The number of aromatic nitrogens is 1. The van der Waals surface area contributed by atoms with Gasteiger partial charge in [0, 0.05) is 31.8 Å². The maximum atomic E-state index is 14.0. The standard InChI is InChI=1S/C19H22FN3O2/c1-19(20)7-14-10-23(11-15(14)8-19)17(25)5-2-12-6-13-3-4-16(24)22-18(13)21-9-12/h2,5-6,9,14-15H,3-4,7-8,10-11H2,1H3,(H,21,22,24)/b5-2+. The summed E-state index contributed by atoms with van der Waals surface area (Å²) in [7, 11) is 0. The van der Waals surface area contributed by atoms with Crippen LogP contribution in [-0.4, -0.2) is 40.5 Å². The SMILES string of the molecule is CC1(F)CC2CN(C(=O)/C=C/c3cnc4c(c3)CCC(=O)N4)CC2C1. The van der Waals surface area contributed by atoms with Gasteiger partial charge >= 0.3 is 0 Å². The van der Waals surface area contributed by atoms with E-state index in [2.05, 4.69) is 10.3 Å². The predicted octanol–water partition coefficient (Wildman–Crippen LogP) is 2.58. The van der Waals surface area contributed by atoms with Gasteiger partial charge in [-0.25, -0.2) is 9.37 Å². The van der Waals surface area contributed by atoms with E-state index in [4.69, 9.17) is 0 Å². The number of fused-ring (bicyclic) bond motifs is 2. The number of rotatable bonds is 2. The van der Waals surface area contributed by atoms with Crippen LogP contribution in [0.2, 0.25) is 0 Å². The molecular formula is C19H22FN3O2. The van der Waals surface area contributed by atoms with E-state index in [1.807, 2.05) is 11.0 Å². The van der Waals surface area contributed by atoms with E-state index in [1.54, 1.807) is 25.3 Å². The summed E-state index contributed by atoms with van der Waals surface area (Å²) in [6.45, 7) is 2.98. The summed E-state index contributed by atoms with van der Waals surface area (Å²) >= 11 is 0. The van der Waals surface area contributed by atoms with E-state index in [1.165, 1.54) is 0 Å². The molecule has 3 aliphatic rings. The minimum atomic E-state index is -1.06. The number of pyridine rings is 1. The van der Waals surface area contributed by atoms with Gasteiger partial charge in [-0.05, 0) is 61.3 Å². The van der Waals surface area contributed by atoms with Crippen molar-refractivity contribution < 1.29 is 14.0 Å². The Morgan fingerprint density at radius 3 is 2.80 bits per heavy atom. The second-order valence-corrected chi connectivity index (χ2v) is 7.74. The molecule has 1 N–H and O–H groups in total. The summed E-state index contributed by atoms with van der Waals surface area (Å²) in [5, 5.41) is 2.75. The molecule has 3 heterocycles. The Kier molecular flexibility index (Phi) is 3.85. The molecule has 1 saturated carbocycles. The molecule has 4 rings (SSSR count). The molecule has 132 valence electrons. The molecule has 2 atom stereocenters. The number of carbonyl (C=O) groups is 2. The molecule has 6 heteroatoms. The lowest BCUT2D eigenvalue weighted by Crippen LogP contribution is -2.29. The van der Waals surface area contributed by atoms with Crippen LogP contribution < -0.4 is 5.32 Å². The third-order valence-electron chi connectivity index (χ3n) is 5.55. The summed E-state index contributed by atoms with van der Waals surface area (Å²) < 4.78 is 14.0. The van der Waals surface area contributed by atoms with Crippen molar-refractivity contribution in [2.24, 2.45) is 11.8 Å². The third-order valence-corrected chi connectivity index (χ3v) is 5.55. The number of anilines is 1. The van der Waals surface area contributed by atoms with Gasteiger partial charge in [0.2, 0.25) is 11.8 Å². The number of hydrogen-bond acceptors (Lipinski definition) is 3. The van der Waals surface area contributed by atoms with Crippen LogP contribution in [0.1, 0.15) is 37.3 Å². The van der Waals surface area contributed by atoms with E-state index >= 15 is 0 Å². The average Bonchev–Trinajstić information content (AvgIpc) is 3.06. The zero-order valence-electron chi connectivity index (χ0n) is 14.3. The number of nitrogens with zero attached hydrogens (tertiary/aromatic N) is 2. The lowest BCUT2D eigenvalue weighted by atomic mass is 10.0. The molecule has 0 bridgehead atoms. The zero-order chi connectivity index (χ0) is 17.6. The topological polar surface area (TPSA) is 62.3 Å². The number of likely N-dealkylation sites (tertiary alicyclic amines) is 1. The van der Waals surface area contributed by atoms with Crippen LogP contribution in [0.15, 0.2) is 18.3 Å². The van der Waals surface area contributed by atoms with Crippen molar-refractivity contribution in [3.63, 3.8) is 0 Å². The Hall–Kier alpha value is -2.24. The molecule has 0 spiro atoms. The molecule has 1 aliphatic carbocycles. The monoisotopic (exact) mass is 343 g/mol. The number of alkyl halides is 1. The predicted molar refractivity (Wildman–Crippen MR) is 92.5 cm³/mol. The van der Waals surface area contributed by atoms with Gasteiger partial charge in [0.05, 0.1) is 0 Å². The van der Waals surface area contributed by atoms with Crippen LogP contribution >= 0.6 is 0 Å². The molecule has 2 amide bonds. The highest BCUT2D eigenvalue weighted by molar-refractivity contribution is 5.94. The first kappa shape index (κ1) is 16.2. The van der Waals surface area contributed by atoms with Gasteiger partial charge in [0.25, 0.3) is 0 Å². The number of amides is 2. The van der Waals surface area contributed by atoms with Gasteiger partial charge in [-0.15, -0.1) is 0 Å². The van der Waals surface area contributed by atoms with Crippen molar-refractivity contribution >= 4 is 23.7 Å². The highest BCUT2D eigenvalue weighted by Crippen LogP contribution is 2.45. The van der Waals surface area contributed by atoms with E-state index < -0.39 is 5.67 Å². The van der Waals surface area contributed by atoms with Crippen LogP contribution in [0, 0.1) is 11.8 Å². The number of carbonyl (C=O) groups excluding carboxylic acids is 2. The highest BCUT2D eigenvalue weighted by atomic mass is 19.1. The van der Waals surface area contributed by atoms with Gasteiger partial charge in [-0.1, -0.05) is 0 Å². The van der Waals surface area contributed by atoms with E-state index in [0.717, 1.165) is 11.1 Å². The number of aryl methyl sites for hydroxylation is 1. The van der Waals surface area contributed by atoms with Crippen molar-refractivity contribution in [3.8, 4) is 0 Å². The molecule has 2 aliphatic heterocycles. The van der Waals surface area contributed by atoms with Crippen molar-refractivity contribution in [2.75, 3.05) is 18.4 Å². The largest absolute Gasteiger partial charge is 0.339 e. The van der Waals surface area contributed by atoms with E-state index in [0.29, 0.717) is 56.4 Å². The van der Waals surface area contributed by atoms with Crippen molar-refractivity contribution in [2.45, 2.75) is 38.3 Å². The molecule has 2 fully saturated rings. The first-order valence-electron chi connectivity index (χ1n) is 8.84. The van der Waals surface area contributed by atoms with E-state index in [-0.39, 0.29) is 11.8 Å². The molecule has 1 saturated heterocycles. The number of hydrogen-bond donors (Lipinski definition) is 1. The maximum Gasteiger partial charge on any atom is 0.246 e. The first-order valence-corrected chi connectivity index (χ1v) is 8.84. The highest BCUT2D eigenvalue weighted by Gasteiger charge is 2.47. The summed E-state index contributed by atoms with van der Waals surface area (Å²) in [5.74, 6) is 1.16. The minimum absolute atomic E-state index is 0.0116. The van der Waals surface area contributed by atoms with Crippen LogP contribution in [0.25, 0.3) is 6.08 Å². The second-order valence-electron chi connectivity index (χ2n) is 7.74. The zero-order valence-corrected chi connectivity index (χ0v) is 14.3. The smallest absolute Gasteiger partial charge is 0.246 e. The Bertz CT molecular complexity index is 743. The van der Waals surface area contributed by atoms with Crippen LogP contribution in [-0.2, 0) is 16.0 Å². The molecule has 1 aromatic heterocycles. The molecule has 2 unspecified atom stereocenters. The average molecular weight is 343 g/mol. The van der Waals surface area contributed by atoms with Crippen molar-refractivity contribution in [1.29, 1.82) is 0 Å². The summed E-state index contributed by atoms with van der Waals surface area (Å²) in [6.07, 6.45) is 7.24. The lowest BCUT2D eigenvalue weighted by Gasteiger charge is -2.19. The fourth-order valence-electron chi connectivity index (χ4n) is 4.40. The summed E-state index contributed by atoms with van der Waals surface area (Å²) in [4.78, 5) is 29.9. The molecule has 5 nitrogen and oxygen atoms in total. The quantitative estimate of drug-likeness (QED) is 0.840. The first-order chi connectivity index (χ1) is 11.9. The second kappa shape index (κ2) is 5.93. The Morgan fingerprint density at radius 2 is 2.08 bits per heavy atom. The summed E-state index contributed by atoms with van der Waals surface area (Å²) in [6, 6.07) is 1.96. The Morgan fingerprint density at radius 1 is 1.36 bits per heavy atom. The van der Waals surface area contributed by atoms with Crippen LogP contribution in [0.5, 0.6) is 0 Å². The lowest BCUT2D eigenvalue weighted by molar-refractivity contribution is -0.125. The number of nitrogens with one attached hydrogen (secondary N) is 1. The van der Waals surface area contributed by atoms with E-state index in [9.17, 15) is 14.0 Å². The number of halogens is 1. The summed E-state index contributed by atoms with van der Waals surface area (Å²) in [5.41, 5.74) is 0.774. The van der Waals surface area contributed by atoms with Crippen LogP contribution in [0.4, 0.5) is 10.2 Å². The molecular weight excluding hydrogens is 321 g/mol. The van der Waals surface area contributed by atoms with Gasteiger partial charge in [-0.2, -0.15) is 0 Å². The molecule has 25 heavy (non-hydrogen) atoms. The molecule has 0 aromatic carbocycles. The Balaban J connectivity index is 1.40. The van der Waals surface area contributed by atoms with Crippen molar-refractivity contribution in [1.82, 2.24) is 9.88 Å². The van der Waals surface area contributed by atoms with Crippen molar-refractivity contribution in [3.05, 3.63) is 29.5 Å². The fourth-order valence-corrected chi connectivity index (χ4v) is 4.40. The Labute approximate surface area is 146 Å². The fraction of sp³-hybridized carbons (Fsp3) is 0.526. The third kappa shape index (κ3) is 3.30.